The molecule has 2 unspecified atom stereocenters. The van der Waals surface area contributed by atoms with E-state index in [0.717, 1.165) is 52.0 Å². The van der Waals surface area contributed by atoms with Crippen LogP contribution in [0.5, 0.6) is 0 Å². The van der Waals surface area contributed by atoms with Gasteiger partial charge in [0, 0.05) is 39.3 Å². The molecule has 0 radical (unpaired) electrons. The van der Waals surface area contributed by atoms with Gasteiger partial charge >= 0.3 is 0 Å². The molecule has 5 nitrogen and oxygen atoms in total. The minimum Gasteiger partial charge on any atom is -0.383 e. The fourth-order valence-corrected chi connectivity index (χ4v) is 2.65. The summed E-state index contributed by atoms with van der Waals surface area (Å²) in [6.07, 6.45) is 2.79. The van der Waals surface area contributed by atoms with E-state index in [0.29, 0.717) is 6.04 Å². The minimum absolute atomic E-state index is 0. The van der Waals surface area contributed by atoms with Crippen molar-refractivity contribution in [2.75, 3.05) is 39.9 Å². The smallest absolute Gasteiger partial charge is 0.239 e. The van der Waals surface area contributed by atoms with Crippen LogP contribution in [0.25, 0.3) is 0 Å². The molecular formula is C14H30ClN3O2. The van der Waals surface area contributed by atoms with Crippen molar-refractivity contribution in [2.24, 2.45) is 5.73 Å². The summed E-state index contributed by atoms with van der Waals surface area (Å²) in [6.45, 7) is 8.44. The second-order valence-corrected chi connectivity index (χ2v) is 5.27. The zero-order valence-corrected chi connectivity index (χ0v) is 13.8. The van der Waals surface area contributed by atoms with Crippen LogP contribution in [0.2, 0.25) is 0 Å². The Morgan fingerprint density at radius 1 is 1.40 bits per heavy atom. The maximum absolute atomic E-state index is 12.2. The van der Waals surface area contributed by atoms with Gasteiger partial charge in [0.2, 0.25) is 5.91 Å². The number of rotatable bonds is 7. The van der Waals surface area contributed by atoms with Crippen LogP contribution in [0.15, 0.2) is 0 Å². The molecule has 0 aromatic rings. The first-order valence-corrected chi connectivity index (χ1v) is 7.41. The predicted molar refractivity (Wildman–Crippen MR) is 84.2 cm³/mol. The molecule has 0 aliphatic carbocycles. The number of carbonyl (C=O) groups is 1. The van der Waals surface area contributed by atoms with Crippen molar-refractivity contribution in [3.8, 4) is 0 Å². The molecule has 120 valence electrons. The number of hydrogen-bond donors (Lipinski definition) is 1. The van der Waals surface area contributed by atoms with Crippen molar-refractivity contribution >= 4 is 18.3 Å². The molecule has 20 heavy (non-hydrogen) atoms. The van der Waals surface area contributed by atoms with Crippen LogP contribution in [0, 0.1) is 0 Å². The largest absolute Gasteiger partial charge is 0.383 e. The van der Waals surface area contributed by atoms with Crippen molar-refractivity contribution in [1.29, 1.82) is 0 Å². The number of hydrogen-bond acceptors (Lipinski definition) is 4. The van der Waals surface area contributed by atoms with Gasteiger partial charge in [0.15, 0.2) is 0 Å². The molecule has 0 aromatic carbocycles. The number of nitrogens with zero attached hydrogens (tertiary/aromatic N) is 2. The first-order valence-electron chi connectivity index (χ1n) is 7.41. The summed E-state index contributed by atoms with van der Waals surface area (Å²) < 4.78 is 5.14. The third-order valence-electron chi connectivity index (χ3n) is 3.89. The molecular weight excluding hydrogens is 278 g/mol. The second-order valence-electron chi connectivity index (χ2n) is 5.27. The molecule has 0 spiro atoms. The molecule has 0 saturated carbocycles. The summed E-state index contributed by atoms with van der Waals surface area (Å²) >= 11 is 0. The lowest BCUT2D eigenvalue weighted by Gasteiger charge is -2.41. The number of nitrogens with two attached hydrogens (primary N) is 1. The van der Waals surface area contributed by atoms with E-state index in [1.807, 2.05) is 4.90 Å². The van der Waals surface area contributed by atoms with Crippen molar-refractivity contribution in [2.45, 2.75) is 45.2 Å². The Bertz CT molecular complexity index is 279. The SMILES string of the molecule is CCCC(N)C(=O)N1CCN(CCOC)C(CC)C1.Cl. The van der Waals surface area contributed by atoms with E-state index in [4.69, 9.17) is 10.5 Å². The van der Waals surface area contributed by atoms with Crippen molar-refractivity contribution in [3.05, 3.63) is 0 Å². The van der Waals surface area contributed by atoms with Crippen molar-refractivity contribution < 1.29 is 9.53 Å². The van der Waals surface area contributed by atoms with E-state index in [2.05, 4.69) is 18.7 Å². The van der Waals surface area contributed by atoms with E-state index in [-0.39, 0.29) is 24.4 Å². The average molecular weight is 308 g/mol. The van der Waals surface area contributed by atoms with Gasteiger partial charge in [-0.05, 0) is 12.8 Å². The Labute approximate surface area is 129 Å². The fraction of sp³-hybridized carbons (Fsp3) is 0.929. The summed E-state index contributed by atoms with van der Waals surface area (Å²) in [5, 5.41) is 0. The second kappa shape index (κ2) is 10.4. The van der Waals surface area contributed by atoms with Gasteiger partial charge in [-0.1, -0.05) is 20.3 Å². The molecule has 6 heteroatoms. The monoisotopic (exact) mass is 307 g/mol. The predicted octanol–water partition coefficient (Wildman–Crippen LogP) is 1.10. The Hall–Kier alpha value is -0.360. The molecule has 0 aromatic heterocycles. The van der Waals surface area contributed by atoms with Gasteiger partial charge < -0.3 is 15.4 Å². The lowest BCUT2D eigenvalue weighted by Crippen LogP contribution is -2.57. The Kier molecular flexibility index (Phi) is 10.2. The van der Waals surface area contributed by atoms with E-state index in [1.165, 1.54) is 0 Å². The number of methoxy groups -OCH3 is 1. The first-order chi connectivity index (χ1) is 9.13. The van der Waals surface area contributed by atoms with Crippen LogP contribution in [-0.2, 0) is 9.53 Å². The van der Waals surface area contributed by atoms with Crippen LogP contribution in [-0.4, -0.2) is 67.7 Å². The number of halogens is 1. The number of piperazine rings is 1. The van der Waals surface area contributed by atoms with Gasteiger partial charge in [0.05, 0.1) is 12.6 Å². The summed E-state index contributed by atoms with van der Waals surface area (Å²) in [6, 6.07) is 0.106. The van der Waals surface area contributed by atoms with Gasteiger partial charge in [-0.25, -0.2) is 0 Å². The molecule has 2 atom stereocenters. The van der Waals surface area contributed by atoms with E-state index < -0.39 is 0 Å². The summed E-state index contributed by atoms with van der Waals surface area (Å²) in [5.74, 6) is 0.117. The molecule has 2 N–H and O–H groups in total. The van der Waals surface area contributed by atoms with Crippen LogP contribution in [0.3, 0.4) is 0 Å². The Morgan fingerprint density at radius 3 is 2.65 bits per heavy atom. The molecule has 0 bridgehead atoms. The van der Waals surface area contributed by atoms with Crippen molar-refractivity contribution in [3.63, 3.8) is 0 Å². The molecule has 1 saturated heterocycles. The molecule has 1 heterocycles. The van der Waals surface area contributed by atoms with Crippen LogP contribution < -0.4 is 5.73 Å². The summed E-state index contributed by atoms with van der Waals surface area (Å²) in [5.41, 5.74) is 5.94. The van der Waals surface area contributed by atoms with Gasteiger partial charge in [-0.3, -0.25) is 9.69 Å². The zero-order valence-electron chi connectivity index (χ0n) is 13.0. The van der Waals surface area contributed by atoms with Crippen LogP contribution in [0.1, 0.15) is 33.1 Å². The molecule has 1 aliphatic heterocycles. The molecule has 1 aliphatic rings. The highest BCUT2D eigenvalue weighted by Gasteiger charge is 2.29. The topological polar surface area (TPSA) is 58.8 Å². The summed E-state index contributed by atoms with van der Waals surface area (Å²) in [4.78, 5) is 16.6. The molecule has 1 fully saturated rings. The van der Waals surface area contributed by atoms with Crippen LogP contribution in [0.4, 0.5) is 0 Å². The Morgan fingerprint density at radius 2 is 2.10 bits per heavy atom. The standard InChI is InChI=1S/C14H29N3O2.ClH/c1-4-6-13(15)14(18)17-8-7-16(9-10-19-3)12(5-2)11-17;/h12-13H,4-11,15H2,1-3H3;1H. The first kappa shape index (κ1) is 19.6. The van der Waals surface area contributed by atoms with E-state index in [1.54, 1.807) is 7.11 Å². The van der Waals surface area contributed by atoms with E-state index >= 15 is 0 Å². The van der Waals surface area contributed by atoms with Gasteiger partial charge in [0.25, 0.3) is 0 Å². The maximum Gasteiger partial charge on any atom is 0.239 e. The number of amides is 1. The molecule has 1 amide bonds. The third-order valence-corrected chi connectivity index (χ3v) is 3.89. The third kappa shape index (κ3) is 5.56. The minimum atomic E-state index is -0.326. The Balaban J connectivity index is 0.00000361. The normalized spacial score (nSPS) is 21.4. The lowest BCUT2D eigenvalue weighted by atomic mass is 10.1. The highest BCUT2D eigenvalue weighted by atomic mass is 35.5. The van der Waals surface area contributed by atoms with E-state index in [9.17, 15) is 4.79 Å². The highest BCUT2D eigenvalue weighted by Crippen LogP contribution is 2.14. The lowest BCUT2D eigenvalue weighted by molar-refractivity contribution is -0.136. The average Bonchev–Trinajstić information content (AvgIpc) is 2.44. The van der Waals surface area contributed by atoms with Crippen LogP contribution >= 0.6 is 12.4 Å². The van der Waals surface area contributed by atoms with Gasteiger partial charge in [0.1, 0.15) is 0 Å². The van der Waals surface area contributed by atoms with Gasteiger partial charge in [-0.2, -0.15) is 0 Å². The quantitative estimate of drug-likeness (QED) is 0.765. The van der Waals surface area contributed by atoms with Gasteiger partial charge in [-0.15, -0.1) is 12.4 Å². The zero-order chi connectivity index (χ0) is 14.3. The molecule has 1 rings (SSSR count). The number of carbonyl (C=O) groups excluding carboxylic acids is 1. The van der Waals surface area contributed by atoms with Crippen molar-refractivity contribution in [1.82, 2.24) is 9.80 Å². The maximum atomic E-state index is 12.2. The summed E-state index contributed by atoms with van der Waals surface area (Å²) in [7, 11) is 1.73. The fourth-order valence-electron chi connectivity index (χ4n) is 2.65. The highest BCUT2D eigenvalue weighted by molar-refractivity contribution is 5.85. The number of ether oxygens (including phenoxy) is 1.